The zero-order valence-electron chi connectivity index (χ0n) is 12.5. The Morgan fingerprint density at radius 1 is 1.20 bits per heavy atom. The highest BCUT2D eigenvalue weighted by atomic mass is 32.2. The molecule has 1 aromatic heterocycles. The van der Waals surface area contributed by atoms with Crippen LogP contribution in [0.25, 0.3) is 10.9 Å². The standard InChI is InChI=1S/C13H13F3N4O4S/c14-13(15,16)25(23,24)20-6-1-3-9-8(5-6)7(2-4-10(17)21)11(19-9)12(18)22/h1,3,5,19-20H,2,4H2,(H2,17,21)(H2,18,22). The van der Waals surface area contributed by atoms with Crippen LogP contribution in [-0.2, 0) is 21.2 Å². The number of primary amides is 2. The number of hydrogen-bond acceptors (Lipinski definition) is 4. The lowest BCUT2D eigenvalue weighted by molar-refractivity contribution is -0.118. The number of halogens is 3. The van der Waals surface area contributed by atoms with E-state index in [0.717, 1.165) is 12.1 Å². The first-order valence-corrected chi connectivity index (χ1v) is 8.22. The topological polar surface area (TPSA) is 148 Å². The number of anilines is 1. The number of aromatic amines is 1. The van der Waals surface area contributed by atoms with Crippen molar-refractivity contribution in [2.75, 3.05) is 4.72 Å². The number of nitrogens with two attached hydrogens (primary N) is 2. The van der Waals surface area contributed by atoms with Crippen molar-refractivity contribution in [2.24, 2.45) is 11.5 Å². The summed E-state index contributed by atoms with van der Waals surface area (Å²) in [5.41, 5.74) is 5.01. The van der Waals surface area contributed by atoms with E-state index in [1.54, 1.807) is 0 Å². The van der Waals surface area contributed by atoms with E-state index < -0.39 is 27.3 Å². The predicted molar refractivity (Wildman–Crippen MR) is 82.9 cm³/mol. The van der Waals surface area contributed by atoms with Crippen molar-refractivity contribution in [3.63, 3.8) is 0 Å². The van der Waals surface area contributed by atoms with Crippen LogP contribution in [-0.4, -0.2) is 30.7 Å². The van der Waals surface area contributed by atoms with Gasteiger partial charge in [-0.3, -0.25) is 14.3 Å². The molecule has 12 heteroatoms. The Hall–Kier alpha value is -2.76. The molecule has 1 heterocycles. The van der Waals surface area contributed by atoms with Gasteiger partial charge in [0.15, 0.2) is 0 Å². The van der Waals surface area contributed by atoms with Crippen molar-refractivity contribution in [2.45, 2.75) is 18.3 Å². The second kappa shape index (κ2) is 6.27. The molecule has 0 aliphatic rings. The molecule has 0 aliphatic heterocycles. The number of carbonyl (C=O) groups excluding carboxylic acids is 2. The monoisotopic (exact) mass is 378 g/mol. The smallest absolute Gasteiger partial charge is 0.370 e. The summed E-state index contributed by atoms with van der Waals surface area (Å²) < 4.78 is 61.2. The number of nitrogens with one attached hydrogen (secondary N) is 2. The lowest BCUT2D eigenvalue weighted by atomic mass is 10.0. The molecule has 0 saturated carbocycles. The third kappa shape index (κ3) is 3.84. The van der Waals surface area contributed by atoms with Crippen molar-refractivity contribution in [1.29, 1.82) is 0 Å². The second-order valence-electron chi connectivity index (χ2n) is 5.12. The van der Waals surface area contributed by atoms with Crippen LogP contribution in [0.3, 0.4) is 0 Å². The van der Waals surface area contributed by atoms with Gasteiger partial charge in [-0.1, -0.05) is 0 Å². The Morgan fingerprint density at radius 3 is 2.36 bits per heavy atom. The van der Waals surface area contributed by atoms with E-state index in [4.69, 9.17) is 11.5 Å². The molecule has 136 valence electrons. The molecule has 1 aromatic carbocycles. The summed E-state index contributed by atoms with van der Waals surface area (Å²) in [6.07, 6.45) is -0.130. The fraction of sp³-hybridized carbons (Fsp3) is 0.231. The van der Waals surface area contributed by atoms with Crippen LogP contribution < -0.4 is 16.2 Å². The van der Waals surface area contributed by atoms with E-state index in [9.17, 15) is 31.2 Å². The zero-order chi connectivity index (χ0) is 19.0. The summed E-state index contributed by atoms with van der Waals surface area (Å²) in [6.45, 7) is 0. The molecule has 0 fully saturated rings. The first kappa shape index (κ1) is 18.6. The largest absolute Gasteiger partial charge is 0.516 e. The normalized spacial score (nSPS) is 12.3. The molecule has 0 radical (unpaired) electrons. The number of benzene rings is 1. The Balaban J connectivity index is 2.52. The highest BCUT2D eigenvalue weighted by molar-refractivity contribution is 7.93. The van der Waals surface area contributed by atoms with Crippen LogP contribution >= 0.6 is 0 Å². The Labute approximate surface area is 139 Å². The highest BCUT2D eigenvalue weighted by Gasteiger charge is 2.46. The van der Waals surface area contributed by atoms with Gasteiger partial charge in [-0.15, -0.1) is 0 Å². The van der Waals surface area contributed by atoms with Gasteiger partial charge < -0.3 is 16.5 Å². The van der Waals surface area contributed by atoms with Crippen LogP contribution in [0.2, 0.25) is 0 Å². The quantitative estimate of drug-likeness (QED) is 0.592. The van der Waals surface area contributed by atoms with Crippen LogP contribution in [0, 0.1) is 0 Å². The predicted octanol–water partition coefficient (Wildman–Crippen LogP) is 0.946. The maximum absolute atomic E-state index is 12.5. The van der Waals surface area contributed by atoms with Crippen molar-refractivity contribution in [3.05, 3.63) is 29.5 Å². The number of aryl methyl sites for hydroxylation is 1. The molecule has 0 bridgehead atoms. The van der Waals surface area contributed by atoms with Crippen LogP contribution in [0.5, 0.6) is 0 Å². The minimum Gasteiger partial charge on any atom is -0.370 e. The molecule has 0 atom stereocenters. The summed E-state index contributed by atoms with van der Waals surface area (Å²) in [5, 5.41) is 0.248. The van der Waals surface area contributed by atoms with E-state index in [0.29, 0.717) is 5.52 Å². The number of fused-ring (bicyclic) bond motifs is 1. The number of rotatable bonds is 6. The molecule has 25 heavy (non-hydrogen) atoms. The third-order valence-electron chi connectivity index (χ3n) is 3.33. The molecule has 2 aromatic rings. The van der Waals surface area contributed by atoms with Gasteiger partial charge in [-0.25, -0.2) is 0 Å². The van der Waals surface area contributed by atoms with Crippen LogP contribution in [0.15, 0.2) is 18.2 Å². The van der Waals surface area contributed by atoms with Gasteiger partial charge in [-0.05, 0) is 30.2 Å². The average molecular weight is 378 g/mol. The number of amides is 2. The molecular formula is C13H13F3N4O4S. The van der Waals surface area contributed by atoms with Gasteiger partial charge in [0, 0.05) is 23.0 Å². The number of carbonyl (C=O) groups is 2. The SMILES string of the molecule is NC(=O)CCc1c(C(N)=O)[nH]c2ccc(NS(=O)(=O)C(F)(F)F)cc12. The number of alkyl halides is 3. The van der Waals surface area contributed by atoms with Gasteiger partial charge in [-0.2, -0.15) is 21.6 Å². The van der Waals surface area contributed by atoms with Gasteiger partial charge in [0.25, 0.3) is 5.91 Å². The summed E-state index contributed by atoms with van der Waals surface area (Å²) in [4.78, 5) is 25.1. The Bertz CT molecular complexity index is 950. The average Bonchev–Trinajstić information content (AvgIpc) is 2.81. The number of aromatic nitrogens is 1. The number of H-pyrrole nitrogens is 1. The van der Waals surface area contributed by atoms with Gasteiger partial charge in [0.05, 0.1) is 0 Å². The van der Waals surface area contributed by atoms with E-state index in [1.165, 1.54) is 10.8 Å². The fourth-order valence-electron chi connectivity index (χ4n) is 2.24. The van der Waals surface area contributed by atoms with E-state index in [1.807, 2.05) is 0 Å². The van der Waals surface area contributed by atoms with E-state index in [-0.39, 0.29) is 35.2 Å². The van der Waals surface area contributed by atoms with E-state index >= 15 is 0 Å². The molecular weight excluding hydrogens is 365 g/mol. The van der Waals surface area contributed by atoms with E-state index in [2.05, 4.69) is 4.98 Å². The molecule has 2 amide bonds. The zero-order valence-corrected chi connectivity index (χ0v) is 13.3. The molecule has 0 spiro atoms. The molecule has 6 N–H and O–H groups in total. The Morgan fingerprint density at radius 2 is 1.84 bits per heavy atom. The first-order valence-electron chi connectivity index (χ1n) is 6.74. The first-order chi connectivity index (χ1) is 11.4. The maximum atomic E-state index is 12.5. The van der Waals surface area contributed by atoms with Crippen molar-refractivity contribution in [1.82, 2.24) is 4.98 Å². The summed E-state index contributed by atoms with van der Waals surface area (Å²) >= 11 is 0. The molecule has 0 saturated heterocycles. The van der Waals surface area contributed by atoms with Crippen molar-refractivity contribution in [3.8, 4) is 0 Å². The van der Waals surface area contributed by atoms with Crippen LogP contribution in [0.4, 0.5) is 18.9 Å². The van der Waals surface area contributed by atoms with Gasteiger partial charge >= 0.3 is 15.5 Å². The highest BCUT2D eigenvalue weighted by Crippen LogP contribution is 2.30. The minimum absolute atomic E-state index is 0.00306. The minimum atomic E-state index is -5.59. The molecule has 2 rings (SSSR count). The second-order valence-corrected chi connectivity index (χ2v) is 6.79. The molecule has 0 unspecified atom stereocenters. The van der Waals surface area contributed by atoms with Crippen molar-refractivity contribution < 1.29 is 31.2 Å². The Kier molecular flexibility index (Phi) is 4.66. The molecule has 0 aliphatic carbocycles. The summed E-state index contributed by atoms with van der Waals surface area (Å²) in [7, 11) is -5.59. The lowest BCUT2D eigenvalue weighted by Crippen LogP contribution is -2.29. The third-order valence-corrected chi connectivity index (χ3v) is 4.44. The lowest BCUT2D eigenvalue weighted by Gasteiger charge is -2.10. The maximum Gasteiger partial charge on any atom is 0.516 e. The summed E-state index contributed by atoms with van der Waals surface area (Å²) in [6, 6.07) is 3.48. The summed E-state index contributed by atoms with van der Waals surface area (Å²) in [5.74, 6) is -1.49. The fourth-order valence-corrected chi connectivity index (χ4v) is 2.80. The van der Waals surface area contributed by atoms with Crippen LogP contribution in [0.1, 0.15) is 22.5 Å². The van der Waals surface area contributed by atoms with Crippen molar-refractivity contribution >= 4 is 38.4 Å². The van der Waals surface area contributed by atoms with Gasteiger partial charge in [0.1, 0.15) is 5.69 Å². The number of hydrogen-bond donors (Lipinski definition) is 4. The van der Waals surface area contributed by atoms with Gasteiger partial charge in [0.2, 0.25) is 5.91 Å². The number of sulfonamides is 1. The molecule has 8 nitrogen and oxygen atoms in total.